The molecular weight excluding hydrogens is 332 g/mol. The van der Waals surface area contributed by atoms with Gasteiger partial charge in [0.2, 0.25) is 0 Å². The Morgan fingerprint density at radius 2 is 1.96 bits per heavy atom. The monoisotopic (exact) mass is 350 g/mol. The molecule has 3 atom stereocenters. The molecule has 0 aromatic heterocycles. The highest BCUT2D eigenvalue weighted by atomic mass is 16.6. The second-order valence-electron chi connectivity index (χ2n) is 6.85. The van der Waals surface area contributed by atoms with E-state index in [0.29, 0.717) is 0 Å². The summed E-state index contributed by atoms with van der Waals surface area (Å²) in [5, 5.41) is 24.1. The molecule has 0 amide bonds. The molecule has 0 spiro atoms. The van der Waals surface area contributed by atoms with Gasteiger partial charge in [-0.1, -0.05) is 30.4 Å². The summed E-state index contributed by atoms with van der Waals surface area (Å²) in [5.74, 6) is -0.806. The third kappa shape index (κ3) is 2.45. The normalized spacial score (nSPS) is 23.0. The van der Waals surface area contributed by atoms with Crippen LogP contribution in [0.1, 0.15) is 45.4 Å². The van der Waals surface area contributed by atoms with Crippen LogP contribution < -0.4 is 5.32 Å². The smallest absolute Gasteiger partial charge is 0.335 e. The number of hydrogen-bond acceptors (Lipinski definition) is 4. The van der Waals surface area contributed by atoms with Crippen molar-refractivity contribution in [1.82, 2.24) is 0 Å². The first kappa shape index (κ1) is 16.3. The number of nitro groups is 1. The molecule has 4 rings (SSSR count). The first-order valence-corrected chi connectivity index (χ1v) is 8.51. The van der Waals surface area contributed by atoms with Crippen LogP contribution in [0.4, 0.5) is 11.4 Å². The molecule has 1 aliphatic heterocycles. The van der Waals surface area contributed by atoms with Crippen LogP contribution in [-0.4, -0.2) is 16.0 Å². The molecule has 0 radical (unpaired) electrons. The van der Waals surface area contributed by atoms with E-state index in [1.165, 1.54) is 0 Å². The highest BCUT2D eigenvalue weighted by Crippen LogP contribution is 2.53. The highest BCUT2D eigenvalue weighted by molar-refractivity contribution is 5.87. The molecule has 6 nitrogen and oxygen atoms in total. The van der Waals surface area contributed by atoms with Gasteiger partial charge in [0.05, 0.1) is 22.1 Å². The standard InChI is InChI=1S/C20H18N2O4/c1-11-5-10-16(22(25)26)17-14-3-2-4-15(14)19(21-18(11)17)12-6-8-13(9-7-12)20(23)24/h2-3,5-10,14-15,19,21H,4H2,1H3,(H,23,24). The number of nitrogens with one attached hydrogen (secondary N) is 1. The molecule has 1 heterocycles. The van der Waals surface area contributed by atoms with Crippen molar-refractivity contribution in [3.8, 4) is 0 Å². The van der Waals surface area contributed by atoms with Crippen LogP contribution in [0.5, 0.6) is 0 Å². The van der Waals surface area contributed by atoms with Gasteiger partial charge in [-0.15, -0.1) is 0 Å². The molecule has 2 N–H and O–H groups in total. The van der Waals surface area contributed by atoms with Gasteiger partial charge in [0.1, 0.15) is 0 Å². The van der Waals surface area contributed by atoms with Crippen molar-refractivity contribution < 1.29 is 14.8 Å². The van der Waals surface area contributed by atoms with Gasteiger partial charge >= 0.3 is 5.97 Å². The number of rotatable bonds is 3. The number of fused-ring (bicyclic) bond motifs is 3. The van der Waals surface area contributed by atoms with Crippen LogP contribution in [-0.2, 0) is 0 Å². The average molecular weight is 350 g/mol. The molecule has 0 fully saturated rings. The summed E-state index contributed by atoms with van der Waals surface area (Å²) in [6.45, 7) is 1.94. The number of carboxylic acid groups (broad SMARTS) is 1. The predicted octanol–water partition coefficient (Wildman–Crippen LogP) is 4.43. The van der Waals surface area contributed by atoms with Crippen molar-refractivity contribution in [3.05, 3.63) is 80.9 Å². The maximum atomic E-state index is 11.5. The lowest BCUT2D eigenvalue weighted by Crippen LogP contribution is -2.30. The molecule has 6 heteroatoms. The number of allylic oxidation sites excluding steroid dienone is 2. The zero-order valence-electron chi connectivity index (χ0n) is 14.2. The fourth-order valence-electron chi connectivity index (χ4n) is 4.16. The van der Waals surface area contributed by atoms with E-state index in [1.807, 2.05) is 19.1 Å². The minimum atomic E-state index is -0.953. The number of aryl methyl sites for hydroxylation is 1. The summed E-state index contributed by atoms with van der Waals surface area (Å²) in [5.41, 5.74) is 3.94. The average Bonchev–Trinajstić information content (AvgIpc) is 3.11. The van der Waals surface area contributed by atoms with Gasteiger partial charge in [0, 0.05) is 17.7 Å². The van der Waals surface area contributed by atoms with Crippen molar-refractivity contribution >= 4 is 17.3 Å². The third-order valence-corrected chi connectivity index (χ3v) is 5.42. The molecule has 26 heavy (non-hydrogen) atoms. The lowest BCUT2D eigenvalue weighted by Gasteiger charge is -2.38. The van der Waals surface area contributed by atoms with Gasteiger partial charge < -0.3 is 10.4 Å². The SMILES string of the molecule is Cc1ccc([N+](=O)[O-])c2c1NC(c1ccc(C(=O)O)cc1)C1CC=CC21. The Morgan fingerprint density at radius 1 is 1.23 bits per heavy atom. The van der Waals surface area contributed by atoms with Gasteiger partial charge in [0.15, 0.2) is 0 Å². The van der Waals surface area contributed by atoms with E-state index < -0.39 is 5.97 Å². The second kappa shape index (κ2) is 5.98. The number of nitrogens with zero attached hydrogens (tertiary/aromatic N) is 1. The van der Waals surface area contributed by atoms with Crippen LogP contribution in [0.3, 0.4) is 0 Å². The van der Waals surface area contributed by atoms with Crippen molar-refractivity contribution in [1.29, 1.82) is 0 Å². The number of aromatic carboxylic acids is 1. The van der Waals surface area contributed by atoms with E-state index in [4.69, 9.17) is 5.11 Å². The van der Waals surface area contributed by atoms with Crippen molar-refractivity contribution in [2.45, 2.75) is 25.3 Å². The summed E-state index contributed by atoms with van der Waals surface area (Å²) in [7, 11) is 0. The van der Waals surface area contributed by atoms with Crippen LogP contribution >= 0.6 is 0 Å². The number of hydrogen-bond donors (Lipinski definition) is 2. The number of nitro benzene ring substituents is 1. The Labute approximate surface area is 150 Å². The van der Waals surface area contributed by atoms with E-state index in [-0.39, 0.29) is 34.1 Å². The third-order valence-electron chi connectivity index (χ3n) is 5.42. The number of carboxylic acids is 1. The van der Waals surface area contributed by atoms with E-state index in [0.717, 1.165) is 28.8 Å². The Kier molecular flexibility index (Phi) is 3.76. The molecule has 0 saturated carbocycles. The molecule has 132 valence electrons. The van der Waals surface area contributed by atoms with Gasteiger partial charge in [-0.25, -0.2) is 4.79 Å². The maximum absolute atomic E-state index is 11.5. The molecular formula is C20H18N2O4. The predicted molar refractivity (Wildman–Crippen MR) is 97.6 cm³/mol. The molecule has 3 unspecified atom stereocenters. The topological polar surface area (TPSA) is 92.5 Å². The first-order valence-electron chi connectivity index (χ1n) is 8.51. The molecule has 0 saturated heterocycles. The van der Waals surface area contributed by atoms with Crippen molar-refractivity contribution in [2.24, 2.45) is 5.92 Å². The zero-order valence-corrected chi connectivity index (χ0v) is 14.2. The van der Waals surface area contributed by atoms with E-state index in [9.17, 15) is 14.9 Å². The van der Waals surface area contributed by atoms with E-state index in [2.05, 4.69) is 17.5 Å². The van der Waals surface area contributed by atoms with Crippen molar-refractivity contribution in [2.75, 3.05) is 5.32 Å². The van der Waals surface area contributed by atoms with Crippen molar-refractivity contribution in [3.63, 3.8) is 0 Å². The molecule has 2 aromatic rings. The Hall–Kier alpha value is -3.15. The second-order valence-corrected chi connectivity index (χ2v) is 6.85. The largest absolute Gasteiger partial charge is 0.478 e. The lowest BCUT2D eigenvalue weighted by atomic mass is 9.75. The summed E-state index contributed by atoms with van der Waals surface area (Å²) < 4.78 is 0. The lowest BCUT2D eigenvalue weighted by molar-refractivity contribution is -0.385. The molecule has 0 bridgehead atoms. The molecule has 2 aromatic carbocycles. The van der Waals surface area contributed by atoms with Gasteiger partial charge in [0.25, 0.3) is 5.69 Å². The maximum Gasteiger partial charge on any atom is 0.335 e. The fourth-order valence-corrected chi connectivity index (χ4v) is 4.16. The first-order chi connectivity index (χ1) is 12.5. The molecule has 2 aliphatic rings. The quantitative estimate of drug-likeness (QED) is 0.485. The highest BCUT2D eigenvalue weighted by Gasteiger charge is 2.42. The summed E-state index contributed by atoms with van der Waals surface area (Å²) in [6.07, 6.45) is 4.97. The number of benzene rings is 2. The number of anilines is 1. The van der Waals surface area contributed by atoms with E-state index >= 15 is 0 Å². The summed E-state index contributed by atoms with van der Waals surface area (Å²) in [4.78, 5) is 22.3. The van der Waals surface area contributed by atoms with Crippen LogP contribution in [0.2, 0.25) is 0 Å². The summed E-state index contributed by atoms with van der Waals surface area (Å²) in [6, 6.07) is 10.2. The zero-order chi connectivity index (χ0) is 18.4. The Bertz CT molecular complexity index is 934. The van der Waals surface area contributed by atoms with Gasteiger partial charge in [-0.3, -0.25) is 10.1 Å². The number of carbonyl (C=O) groups is 1. The minimum Gasteiger partial charge on any atom is -0.478 e. The van der Waals surface area contributed by atoms with Crippen LogP contribution in [0, 0.1) is 23.0 Å². The van der Waals surface area contributed by atoms with Gasteiger partial charge in [-0.05, 0) is 42.5 Å². The van der Waals surface area contributed by atoms with Gasteiger partial charge in [-0.2, -0.15) is 0 Å². The minimum absolute atomic E-state index is 0.0179. The fraction of sp³-hybridized carbons (Fsp3) is 0.250. The van der Waals surface area contributed by atoms with Crippen LogP contribution in [0.25, 0.3) is 0 Å². The summed E-state index contributed by atoms with van der Waals surface area (Å²) >= 11 is 0. The Balaban J connectivity index is 1.81. The van der Waals surface area contributed by atoms with Crippen LogP contribution in [0.15, 0.2) is 48.6 Å². The Morgan fingerprint density at radius 3 is 2.62 bits per heavy atom. The molecule has 1 aliphatic carbocycles. The van der Waals surface area contributed by atoms with E-state index in [1.54, 1.807) is 24.3 Å².